The first-order chi connectivity index (χ1) is 5.16. The Morgan fingerprint density at radius 2 is 2.27 bits per heavy atom. The van der Waals surface area contributed by atoms with E-state index >= 15 is 0 Å². The van der Waals surface area contributed by atoms with E-state index in [-0.39, 0.29) is 26.8 Å². The number of carbonyl (C=O) groups is 1. The molecule has 0 aromatic carbocycles. The van der Waals surface area contributed by atoms with Crippen molar-refractivity contribution in [1.82, 2.24) is 0 Å². The molecule has 0 aromatic heterocycles. The molecule has 0 unspecified atom stereocenters. The molecule has 4 heteroatoms. The second kappa shape index (κ2) is 7.31. The van der Waals surface area contributed by atoms with Crippen LogP contribution in [0.1, 0.15) is 26.7 Å². The van der Waals surface area contributed by atoms with Gasteiger partial charge in [0.2, 0.25) is 0 Å². The molecule has 0 rings (SSSR count). The Balaban J connectivity index is 3.51. The van der Waals surface area contributed by atoms with Gasteiger partial charge >= 0.3 is 86.4 Å². The normalized spacial score (nSPS) is 11.6. The van der Waals surface area contributed by atoms with E-state index in [1.807, 2.05) is 0 Å². The molecule has 2 nitrogen and oxygen atoms in total. The SMILES string of the molecule is CCCC[Te]C([Se])=NC(C)=O. The summed E-state index contributed by atoms with van der Waals surface area (Å²) in [6.07, 6.45) is 2.50. The summed E-state index contributed by atoms with van der Waals surface area (Å²) < 4.78 is 2.22. The summed E-state index contributed by atoms with van der Waals surface area (Å²) in [6.45, 7) is 3.66. The van der Waals surface area contributed by atoms with Crippen molar-refractivity contribution in [1.29, 1.82) is 0 Å². The van der Waals surface area contributed by atoms with Crippen LogP contribution in [0.25, 0.3) is 0 Å². The maximum absolute atomic E-state index is 10.5. The Morgan fingerprint density at radius 1 is 1.64 bits per heavy atom. The molecule has 0 spiro atoms. The zero-order valence-electron chi connectivity index (χ0n) is 6.79. The molecule has 0 bridgehead atoms. The van der Waals surface area contributed by atoms with Crippen LogP contribution < -0.4 is 0 Å². The summed E-state index contributed by atoms with van der Waals surface area (Å²) in [5.41, 5.74) is 0. The molecule has 1 amide bonds. The molecule has 0 heterocycles. The van der Waals surface area contributed by atoms with Gasteiger partial charge in [-0.3, -0.25) is 0 Å². The third kappa shape index (κ3) is 8.56. The third-order valence-electron chi connectivity index (χ3n) is 0.972. The molecule has 11 heavy (non-hydrogen) atoms. The molecule has 0 aliphatic rings. The van der Waals surface area contributed by atoms with Crippen LogP contribution in [0.2, 0.25) is 4.47 Å². The fraction of sp³-hybridized carbons (Fsp3) is 0.714. The average molecular weight is 333 g/mol. The summed E-state index contributed by atoms with van der Waals surface area (Å²) in [4.78, 5) is 14.3. The van der Waals surface area contributed by atoms with Gasteiger partial charge in [0, 0.05) is 0 Å². The molecule has 0 aliphatic carbocycles. The number of unbranched alkanes of at least 4 members (excludes halogenated alkanes) is 1. The van der Waals surface area contributed by atoms with Gasteiger partial charge in [0.05, 0.1) is 0 Å². The number of hydrogen-bond donors (Lipinski definition) is 0. The van der Waals surface area contributed by atoms with Crippen molar-refractivity contribution in [3.05, 3.63) is 0 Å². The first-order valence-electron chi connectivity index (χ1n) is 3.56. The van der Waals surface area contributed by atoms with E-state index < -0.39 is 0 Å². The van der Waals surface area contributed by atoms with Gasteiger partial charge in [-0.2, -0.15) is 0 Å². The Morgan fingerprint density at radius 3 is 2.73 bits per heavy atom. The standard InChI is InChI=1S/C7H12NOSeTe/c1-3-4-5-11-7(10)8-6(2)9/h3-5H2,1-2H3. The zero-order chi connectivity index (χ0) is 8.69. The topological polar surface area (TPSA) is 29.4 Å². The Labute approximate surface area is 86.1 Å². The molecular weight excluding hydrogens is 321 g/mol. The van der Waals surface area contributed by atoms with E-state index in [4.69, 9.17) is 0 Å². The van der Waals surface area contributed by atoms with Crippen molar-refractivity contribution in [3.63, 3.8) is 0 Å². The molecule has 0 atom stereocenters. The van der Waals surface area contributed by atoms with Crippen LogP contribution in [-0.2, 0) is 4.79 Å². The van der Waals surface area contributed by atoms with Crippen LogP contribution in [0.4, 0.5) is 0 Å². The van der Waals surface area contributed by atoms with Gasteiger partial charge in [-0.1, -0.05) is 0 Å². The van der Waals surface area contributed by atoms with E-state index in [0.717, 1.165) is 2.66 Å². The van der Waals surface area contributed by atoms with Crippen molar-refractivity contribution in [3.8, 4) is 0 Å². The molecule has 0 saturated heterocycles. The zero-order valence-corrected chi connectivity index (χ0v) is 10.8. The third-order valence-corrected chi connectivity index (χ3v) is 5.19. The predicted octanol–water partition coefficient (Wildman–Crippen LogP) is 0.980. The maximum atomic E-state index is 10.5. The van der Waals surface area contributed by atoms with E-state index in [2.05, 4.69) is 27.9 Å². The number of amides is 1. The van der Waals surface area contributed by atoms with E-state index in [1.54, 1.807) is 0 Å². The summed E-state index contributed by atoms with van der Waals surface area (Å²) in [5, 5.41) is 0. The first-order valence-corrected chi connectivity index (χ1v) is 7.22. The molecule has 0 aromatic rings. The second-order valence-electron chi connectivity index (χ2n) is 2.10. The molecule has 0 fully saturated rings. The quantitative estimate of drug-likeness (QED) is 0.429. The fourth-order valence-electron chi connectivity index (χ4n) is 0.465. The van der Waals surface area contributed by atoms with Gasteiger partial charge in [-0.05, 0) is 0 Å². The van der Waals surface area contributed by atoms with Gasteiger partial charge in [0.25, 0.3) is 0 Å². The summed E-state index contributed by atoms with van der Waals surface area (Å²) >= 11 is 2.68. The first kappa shape index (κ1) is 11.6. The minimum absolute atomic E-state index is 0.0830. The Hall–Kier alpha value is 0.649. The predicted molar refractivity (Wildman–Crippen MR) is 49.3 cm³/mol. The van der Waals surface area contributed by atoms with E-state index in [0.29, 0.717) is 0 Å². The average Bonchev–Trinajstić information content (AvgIpc) is 1.86. The van der Waals surface area contributed by atoms with Gasteiger partial charge in [-0.15, -0.1) is 0 Å². The van der Waals surface area contributed by atoms with Crippen molar-refractivity contribution >= 4 is 45.5 Å². The van der Waals surface area contributed by atoms with Crippen molar-refractivity contribution in [2.45, 2.75) is 31.2 Å². The number of rotatable bonds is 4. The van der Waals surface area contributed by atoms with Crippen LogP contribution in [0.15, 0.2) is 4.99 Å². The van der Waals surface area contributed by atoms with Crippen LogP contribution in [0, 0.1) is 0 Å². The summed E-state index contributed by atoms with van der Waals surface area (Å²) in [5.74, 6) is -0.0830. The molecule has 1 radical (unpaired) electrons. The van der Waals surface area contributed by atoms with Gasteiger partial charge in [0.1, 0.15) is 0 Å². The molecular formula is C7H12NOSeTe. The number of nitrogens with zero attached hydrogens (tertiary/aromatic N) is 1. The Bertz CT molecular complexity index is 159. The van der Waals surface area contributed by atoms with Crippen LogP contribution in [0.5, 0.6) is 0 Å². The summed E-state index contributed by atoms with van der Waals surface area (Å²) in [7, 11) is 0. The number of carbonyl (C=O) groups excluding carboxylic acids is 1. The van der Waals surface area contributed by atoms with Gasteiger partial charge in [-0.25, -0.2) is 0 Å². The molecule has 63 valence electrons. The monoisotopic (exact) mass is 336 g/mol. The molecule has 0 saturated carbocycles. The van der Waals surface area contributed by atoms with Crippen LogP contribution in [0.3, 0.4) is 0 Å². The fourth-order valence-corrected chi connectivity index (χ4v) is 4.19. The number of aliphatic imine (C=N–C) groups is 1. The minimum atomic E-state index is -0.171. The van der Waals surface area contributed by atoms with Crippen molar-refractivity contribution in [2.24, 2.45) is 4.99 Å². The van der Waals surface area contributed by atoms with Gasteiger partial charge in [0.15, 0.2) is 0 Å². The van der Waals surface area contributed by atoms with E-state index in [9.17, 15) is 4.79 Å². The Kier molecular flexibility index (Phi) is 7.74. The number of hydrogen-bond acceptors (Lipinski definition) is 1. The molecule has 0 aliphatic heterocycles. The summed E-state index contributed by atoms with van der Waals surface area (Å²) in [6, 6.07) is 0. The second-order valence-corrected chi connectivity index (χ2v) is 7.81. The van der Waals surface area contributed by atoms with Crippen LogP contribution in [-0.4, -0.2) is 45.5 Å². The van der Waals surface area contributed by atoms with Gasteiger partial charge < -0.3 is 0 Å². The van der Waals surface area contributed by atoms with Crippen LogP contribution >= 0.6 is 0 Å². The molecule has 0 N–H and O–H groups in total. The van der Waals surface area contributed by atoms with Crippen molar-refractivity contribution < 1.29 is 4.79 Å². The van der Waals surface area contributed by atoms with E-state index in [1.165, 1.54) is 24.2 Å². The van der Waals surface area contributed by atoms with Crippen molar-refractivity contribution in [2.75, 3.05) is 0 Å².